The van der Waals surface area contributed by atoms with Gasteiger partial charge in [0.2, 0.25) is 0 Å². The van der Waals surface area contributed by atoms with Gasteiger partial charge in [0.1, 0.15) is 0 Å². The standard InChI is InChI=1S/C25H32N4/c1-2-7-22(8-3-1)29-16-14-28(15-17-29)13-12-26-25-18-24-21(19-27-25)11-10-20-6-4-5-9-23(20)24/h1-9,21,24H,10-19H2,(H,26,27). The van der Waals surface area contributed by atoms with Crippen molar-refractivity contribution in [2.45, 2.75) is 25.2 Å². The Kier molecular flexibility index (Phi) is 5.53. The molecule has 0 aromatic heterocycles. The van der Waals surface area contributed by atoms with Crippen LogP contribution in [0.5, 0.6) is 0 Å². The summed E-state index contributed by atoms with van der Waals surface area (Å²) in [7, 11) is 0. The number of hydrogen-bond acceptors (Lipinski definition) is 4. The van der Waals surface area contributed by atoms with Gasteiger partial charge in [-0.3, -0.25) is 9.89 Å². The van der Waals surface area contributed by atoms with E-state index in [1.165, 1.54) is 24.4 Å². The van der Waals surface area contributed by atoms with E-state index in [9.17, 15) is 0 Å². The molecule has 29 heavy (non-hydrogen) atoms. The fourth-order valence-electron chi connectivity index (χ4n) is 5.27. The maximum absolute atomic E-state index is 4.90. The third-order valence-electron chi connectivity index (χ3n) is 6.99. The molecule has 4 heteroatoms. The lowest BCUT2D eigenvalue weighted by Gasteiger charge is -2.37. The largest absolute Gasteiger partial charge is 0.373 e. The molecule has 2 atom stereocenters. The van der Waals surface area contributed by atoms with Crippen molar-refractivity contribution in [3.63, 3.8) is 0 Å². The minimum absolute atomic E-state index is 0.661. The Morgan fingerprint density at radius 2 is 1.72 bits per heavy atom. The molecule has 2 aromatic rings. The summed E-state index contributed by atoms with van der Waals surface area (Å²) in [5.41, 5.74) is 4.49. The van der Waals surface area contributed by atoms with E-state index in [-0.39, 0.29) is 0 Å². The van der Waals surface area contributed by atoms with E-state index < -0.39 is 0 Å². The quantitative estimate of drug-likeness (QED) is 0.869. The van der Waals surface area contributed by atoms with E-state index in [2.05, 4.69) is 69.7 Å². The number of aliphatic imine (C=N–C) groups is 1. The highest BCUT2D eigenvalue weighted by Crippen LogP contribution is 2.40. The van der Waals surface area contributed by atoms with Crippen molar-refractivity contribution in [3.8, 4) is 0 Å². The number of hydrogen-bond donors (Lipinski definition) is 1. The molecule has 1 saturated heterocycles. The Balaban J connectivity index is 1.09. The number of fused-ring (bicyclic) bond motifs is 3. The molecular formula is C25H32N4. The van der Waals surface area contributed by atoms with E-state index in [4.69, 9.17) is 4.99 Å². The molecule has 1 fully saturated rings. The second-order valence-electron chi connectivity index (χ2n) is 8.69. The normalized spacial score (nSPS) is 24.4. The van der Waals surface area contributed by atoms with Gasteiger partial charge in [-0.1, -0.05) is 42.5 Å². The number of anilines is 1. The first-order chi connectivity index (χ1) is 14.4. The maximum Gasteiger partial charge on any atom is 0.0969 e. The van der Waals surface area contributed by atoms with Crippen LogP contribution < -0.4 is 10.2 Å². The fraction of sp³-hybridized carbons (Fsp3) is 0.480. The number of para-hydroxylation sites is 1. The first kappa shape index (κ1) is 18.7. The fourth-order valence-corrected chi connectivity index (χ4v) is 5.27. The predicted octanol–water partition coefficient (Wildman–Crippen LogP) is 3.55. The van der Waals surface area contributed by atoms with Crippen molar-refractivity contribution in [1.82, 2.24) is 10.2 Å². The number of aryl methyl sites for hydroxylation is 1. The van der Waals surface area contributed by atoms with E-state index in [1.54, 1.807) is 11.1 Å². The van der Waals surface area contributed by atoms with Gasteiger partial charge in [0.15, 0.2) is 0 Å². The summed E-state index contributed by atoms with van der Waals surface area (Å²) in [6, 6.07) is 19.8. The second kappa shape index (κ2) is 8.58. The summed E-state index contributed by atoms with van der Waals surface area (Å²) in [6.45, 7) is 7.62. The van der Waals surface area contributed by atoms with Gasteiger partial charge in [-0.25, -0.2) is 0 Å². The Bertz CT molecular complexity index is 839. The topological polar surface area (TPSA) is 30.9 Å². The SMILES string of the molecule is c1ccc(N2CCN(CCNC3=NCC4CCc5ccccc5C4C3)CC2)cc1. The van der Waals surface area contributed by atoms with Crippen molar-refractivity contribution < 1.29 is 0 Å². The number of nitrogens with zero attached hydrogens (tertiary/aromatic N) is 3. The van der Waals surface area contributed by atoms with Crippen LogP contribution in [0.3, 0.4) is 0 Å². The number of rotatable bonds is 4. The minimum Gasteiger partial charge on any atom is -0.373 e. The molecular weight excluding hydrogens is 356 g/mol. The molecule has 2 heterocycles. The van der Waals surface area contributed by atoms with Gasteiger partial charge >= 0.3 is 0 Å². The van der Waals surface area contributed by atoms with Gasteiger partial charge in [0, 0.05) is 57.9 Å². The highest BCUT2D eigenvalue weighted by atomic mass is 15.3. The molecule has 152 valence electrons. The zero-order chi connectivity index (χ0) is 19.5. The number of amidine groups is 1. The Morgan fingerprint density at radius 3 is 2.59 bits per heavy atom. The maximum atomic E-state index is 4.90. The third kappa shape index (κ3) is 4.18. The number of benzene rings is 2. The van der Waals surface area contributed by atoms with Gasteiger partial charge < -0.3 is 10.2 Å². The molecule has 0 spiro atoms. The molecule has 0 saturated carbocycles. The monoisotopic (exact) mass is 388 g/mol. The van der Waals surface area contributed by atoms with Crippen LogP contribution in [-0.4, -0.2) is 56.5 Å². The van der Waals surface area contributed by atoms with Crippen LogP contribution >= 0.6 is 0 Å². The lowest BCUT2D eigenvalue weighted by atomic mass is 9.72. The molecule has 5 rings (SSSR count). The first-order valence-electron chi connectivity index (χ1n) is 11.2. The number of nitrogens with one attached hydrogen (secondary N) is 1. The van der Waals surface area contributed by atoms with Crippen molar-refractivity contribution in [2.75, 3.05) is 50.7 Å². The Morgan fingerprint density at radius 1 is 0.931 bits per heavy atom. The van der Waals surface area contributed by atoms with Gasteiger partial charge in [0.05, 0.1) is 5.84 Å². The highest BCUT2D eigenvalue weighted by molar-refractivity contribution is 5.83. The second-order valence-corrected chi connectivity index (χ2v) is 8.69. The summed E-state index contributed by atoms with van der Waals surface area (Å²) in [5, 5.41) is 3.67. The van der Waals surface area contributed by atoms with Crippen LogP contribution in [0.2, 0.25) is 0 Å². The molecule has 0 bridgehead atoms. The molecule has 4 nitrogen and oxygen atoms in total. The van der Waals surface area contributed by atoms with Crippen LogP contribution in [0.4, 0.5) is 5.69 Å². The summed E-state index contributed by atoms with van der Waals surface area (Å²) < 4.78 is 0. The highest BCUT2D eigenvalue weighted by Gasteiger charge is 2.32. The molecule has 1 N–H and O–H groups in total. The van der Waals surface area contributed by atoms with E-state index >= 15 is 0 Å². The van der Waals surface area contributed by atoms with Crippen LogP contribution in [0.1, 0.15) is 29.9 Å². The van der Waals surface area contributed by atoms with E-state index in [0.717, 1.165) is 58.2 Å². The van der Waals surface area contributed by atoms with Crippen molar-refractivity contribution >= 4 is 11.5 Å². The summed E-state index contributed by atoms with van der Waals surface area (Å²) >= 11 is 0. The van der Waals surface area contributed by atoms with Gasteiger partial charge in [0.25, 0.3) is 0 Å². The average molecular weight is 389 g/mol. The van der Waals surface area contributed by atoms with Crippen LogP contribution in [-0.2, 0) is 6.42 Å². The molecule has 3 aliphatic rings. The van der Waals surface area contributed by atoms with Crippen molar-refractivity contribution in [1.29, 1.82) is 0 Å². The third-order valence-corrected chi connectivity index (χ3v) is 6.99. The summed E-state index contributed by atoms with van der Waals surface area (Å²) in [5.74, 6) is 2.63. The first-order valence-corrected chi connectivity index (χ1v) is 11.2. The number of piperazine rings is 1. The lowest BCUT2D eigenvalue weighted by Crippen LogP contribution is -2.48. The van der Waals surface area contributed by atoms with E-state index in [1.807, 2.05) is 0 Å². The predicted molar refractivity (Wildman–Crippen MR) is 121 cm³/mol. The molecule has 2 aromatic carbocycles. The molecule has 2 aliphatic heterocycles. The van der Waals surface area contributed by atoms with Gasteiger partial charge in [-0.2, -0.15) is 0 Å². The molecule has 1 aliphatic carbocycles. The van der Waals surface area contributed by atoms with Crippen molar-refractivity contribution in [3.05, 3.63) is 65.7 Å². The molecule has 2 unspecified atom stereocenters. The Hall–Kier alpha value is -2.33. The van der Waals surface area contributed by atoms with Gasteiger partial charge in [-0.15, -0.1) is 0 Å². The van der Waals surface area contributed by atoms with Crippen LogP contribution in [0.15, 0.2) is 59.6 Å². The van der Waals surface area contributed by atoms with E-state index in [0.29, 0.717) is 5.92 Å². The zero-order valence-corrected chi connectivity index (χ0v) is 17.3. The smallest absolute Gasteiger partial charge is 0.0969 e. The van der Waals surface area contributed by atoms with Gasteiger partial charge in [-0.05, 0) is 47.9 Å². The molecule has 0 amide bonds. The lowest BCUT2D eigenvalue weighted by molar-refractivity contribution is 0.261. The zero-order valence-electron chi connectivity index (χ0n) is 17.3. The average Bonchev–Trinajstić information content (AvgIpc) is 2.80. The molecule has 0 radical (unpaired) electrons. The van der Waals surface area contributed by atoms with Crippen LogP contribution in [0.25, 0.3) is 0 Å². The van der Waals surface area contributed by atoms with Crippen LogP contribution in [0, 0.1) is 5.92 Å². The van der Waals surface area contributed by atoms with Crippen molar-refractivity contribution in [2.24, 2.45) is 10.9 Å². The summed E-state index contributed by atoms with van der Waals surface area (Å²) in [6.07, 6.45) is 3.61. The minimum atomic E-state index is 0.661. The summed E-state index contributed by atoms with van der Waals surface area (Å²) in [4.78, 5) is 9.97. The Labute approximate surface area is 174 Å².